The summed E-state index contributed by atoms with van der Waals surface area (Å²) >= 11 is 6.20. The first-order valence-electron chi connectivity index (χ1n) is 7.89. The van der Waals surface area contributed by atoms with Crippen LogP contribution in [-0.2, 0) is 4.79 Å². The summed E-state index contributed by atoms with van der Waals surface area (Å²) in [5, 5.41) is 2.53. The maximum atomic E-state index is 12.4. The zero-order chi connectivity index (χ0) is 16.4. The van der Waals surface area contributed by atoms with E-state index in [1.165, 1.54) is 0 Å². The molecule has 0 aliphatic carbocycles. The Hall–Kier alpha value is -1.49. The fourth-order valence-corrected chi connectivity index (χ4v) is 3.47. The van der Waals surface area contributed by atoms with Crippen LogP contribution in [0.25, 0.3) is 10.8 Å². The number of hydrogen-bond donors (Lipinski definition) is 1. The van der Waals surface area contributed by atoms with Crippen LogP contribution in [0, 0.1) is 5.92 Å². The van der Waals surface area contributed by atoms with Gasteiger partial charge in [0, 0.05) is 28.4 Å². The lowest BCUT2D eigenvalue weighted by atomic mass is 10.1. The van der Waals surface area contributed by atoms with Gasteiger partial charge in [0.1, 0.15) is 5.75 Å². The predicted molar refractivity (Wildman–Crippen MR) is 100 cm³/mol. The molecular formula is C18H22Cl2N2O2. The minimum Gasteiger partial charge on any atom is -0.483 e. The Morgan fingerprint density at radius 1 is 1.29 bits per heavy atom. The Labute approximate surface area is 153 Å². The summed E-state index contributed by atoms with van der Waals surface area (Å²) < 4.78 is 5.78. The molecule has 1 fully saturated rings. The molecular weight excluding hydrogens is 347 g/mol. The number of nitrogens with two attached hydrogens (primary N) is 1. The van der Waals surface area contributed by atoms with Gasteiger partial charge >= 0.3 is 0 Å². The Morgan fingerprint density at radius 3 is 2.67 bits per heavy atom. The third-order valence-electron chi connectivity index (χ3n) is 4.50. The van der Waals surface area contributed by atoms with Gasteiger partial charge in [0.25, 0.3) is 5.91 Å². The molecule has 0 aromatic heterocycles. The molecule has 1 amide bonds. The average Bonchev–Trinajstić information content (AvgIpc) is 2.95. The number of benzene rings is 2. The number of likely N-dealkylation sites (tertiary alicyclic amines) is 1. The second kappa shape index (κ2) is 8.06. The SMILES string of the molecule is CC1CC(CN)CN1C(=O)COc1ccc(Cl)c2ccccc12.Cl. The molecule has 4 nitrogen and oxygen atoms in total. The molecule has 3 rings (SSSR count). The van der Waals surface area contributed by atoms with Crippen molar-refractivity contribution in [3.63, 3.8) is 0 Å². The van der Waals surface area contributed by atoms with E-state index in [1.807, 2.05) is 35.2 Å². The highest BCUT2D eigenvalue weighted by Gasteiger charge is 2.31. The van der Waals surface area contributed by atoms with Crippen LogP contribution in [0.5, 0.6) is 5.75 Å². The molecule has 130 valence electrons. The Morgan fingerprint density at radius 2 is 2.00 bits per heavy atom. The number of nitrogens with zero attached hydrogens (tertiary/aromatic N) is 1. The minimum atomic E-state index is 0. The molecule has 2 unspecified atom stereocenters. The number of carbonyl (C=O) groups is 1. The molecule has 1 saturated heterocycles. The normalized spacial score (nSPS) is 20.0. The van der Waals surface area contributed by atoms with Gasteiger partial charge in [0.15, 0.2) is 6.61 Å². The van der Waals surface area contributed by atoms with Crippen molar-refractivity contribution in [3.05, 3.63) is 41.4 Å². The number of amides is 1. The van der Waals surface area contributed by atoms with E-state index < -0.39 is 0 Å². The van der Waals surface area contributed by atoms with Crippen molar-refractivity contribution in [3.8, 4) is 5.75 Å². The zero-order valence-corrected chi connectivity index (χ0v) is 15.1. The number of fused-ring (bicyclic) bond motifs is 1. The highest BCUT2D eigenvalue weighted by Crippen LogP contribution is 2.31. The lowest BCUT2D eigenvalue weighted by Gasteiger charge is -2.21. The van der Waals surface area contributed by atoms with Crippen molar-refractivity contribution in [2.45, 2.75) is 19.4 Å². The third kappa shape index (κ3) is 3.77. The van der Waals surface area contributed by atoms with Gasteiger partial charge in [-0.05, 0) is 37.9 Å². The van der Waals surface area contributed by atoms with Crippen LogP contribution in [0.4, 0.5) is 0 Å². The van der Waals surface area contributed by atoms with Gasteiger partial charge in [0.05, 0.1) is 0 Å². The monoisotopic (exact) mass is 368 g/mol. The van der Waals surface area contributed by atoms with Crippen molar-refractivity contribution < 1.29 is 9.53 Å². The summed E-state index contributed by atoms with van der Waals surface area (Å²) in [4.78, 5) is 14.3. The van der Waals surface area contributed by atoms with E-state index in [1.54, 1.807) is 6.07 Å². The smallest absolute Gasteiger partial charge is 0.260 e. The Balaban J connectivity index is 0.00000208. The van der Waals surface area contributed by atoms with Gasteiger partial charge < -0.3 is 15.4 Å². The van der Waals surface area contributed by atoms with Crippen molar-refractivity contribution in [2.24, 2.45) is 11.7 Å². The molecule has 1 aliphatic heterocycles. The van der Waals surface area contributed by atoms with Gasteiger partial charge in [-0.1, -0.05) is 35.9 Å². The largest absolute Gasteiger partial charge is 0.483 e. The molecule has 0 bridgehead atoms. The second-order valence-corrected chi connectivity index (χ2v) is 6.52. The van der Waals surface area contributed by atoms with Crippen LogP contribution >= 0.6 is 24.0 Å². The van der Waals surface area contributed by atoms with Crippen LogP contribution in [0.1, 0.15) is 13.3 Å². The van der Waals surface area contributed by atoms with E-state index in [9.17, 15) is 4.79 Å². The summed E-state index contributed by atoms with van der Waals surface area (Å²) in [6.45, 7) is 3.44. The fourth-order valence-electron chi connectivity index (χ4n) is 3.24. The maximum absolute atomic E-state index is 12.4. The molecule has 0 spiro atoms. The first-order valence-corrected chi connectivity index (χ1v) is 8.27. The van der Waals surface area contributed by atoms with Crippen LogP contribution in [0.15, 0.2) is 36.4 Å². The molecule has 0 saturated carbocycles. The van der Waals surface area contributed by atoms with Crippen LogP contribution in [-0.4, -0.2) is 36.5 Å². The highest BCUT2D eigenvalue weighted by atomic mass is 35.5. The first-order chi connectivity index (χ1) is 11.1. The van der Waals surface area contributed by atoms with Gasteiger partial charge in [-0.15, -0.1) is 12.4 Å². The molecule has 24 heavy (non-hydrogen) atoms. The van der Waals surface area contributed by atoms with Gasteiger partial charge in [-0.3, -0.25) is 4.79 Å². The molecule has 2 aromatic rings. The molecule has 0 radical (unpaired) electrons. The standard InChI is InChI=1S/C18H21ClN2O2.ClH/c1-12-8-13(9-20)10-21(12)18(22)11-23-17-7-6-16(19)14-4-2-3-5-15(14)17;/h2-7,12-13H,8-11,20H2,1H3;1H. The van der Waals surface area contributed by atoms with Crippen LogP contribution in [0.3, 0.4) is 0 Å². The molecule has 2 aromatic carbocycles. The molecule has 2 N–H and O–H groups in total. The zero-order valence-electron chi connectivity index (χ0n) is 13.6. The van der Waals surface area contributed by atoms with Gasteiger partial charge in [-0.2, -0.15) is 0 Å². The van der Waals surface area contributed by atoms with E-state index in [4.69, 9.17) is 22.1 Å². The second-order valence-electron chi connectivity index (χ2n) is 6.11. The van der Waals surface area contributed by atoms with Gasteiger partial charge in [-0.25, -0.2) is 0 Å². The summed E-state index contributed by atoms with van der Waals surface area (Å²) in [6, 6.07) is 11.6. The number of rotatable bonds is 4. The number of ether oxygens (including phenoxy) is 1. The molecule has 1 aliphatic rings. The van der Waals surface area contributed by atoms with E-state index in [2.05, 4.69) is 6.92 Å². The van der Waals surface area contributed by atoms with Crippen molar-refractivity contribution in [1.82, 2.24) is 4.90 Å². The van der Waals surface area contributed by atoms with E-state index in [0.29, 0.717) is 23.2 Å². The topological polar surface area (TPSA) is 55.6 Å². The predicted octanol–water partition coefficient (Wildman–Crippen LogP) is 3.49. The van der Waals surface area contributed by atoms with Gasteiger partial charge in [0.2, 0.25) is 0 Å². The summed E-state index contributed by atoms with van der Waals surface area (Å²) in [5.41, 5.74) is 5.72. The lowest BCUT2D eigenvalue weighted by Crippen LogP contribution is -2.37. The Bertz CT molecular complexity index is 723. The average molecular weight is 369 g/mol. The molecule has 6 heteroatoms. The number of carbonyl (C=O) groups excluding carboxylic acids is 1. The summed E-state index contributed by atoms with van der Waals surface area (Å²) in [6.07, 6.45) is 0.964. The minimum absolute atomic E-state index is 0. The lowest BCUT2D eigenvalue weighted by molar-refractivity contribution is -0.133. The van der Waals surface area contributed by atoms with E-state index in [0.717, 1.165) is 23.7 Å². The summed E-state index contributed by atoms with van der Waals surface area (Å²) in [7, 11) is 0. The number of halogens is 2. The molecule has 2 atom stereocenters. The third-order valence-corrected chi connectivity index (χ3v) is 4.83. The van der Waals surface area contributed by atoms with E-state index in [-0.39, 0.29) is 31.0 Å². The Kier molecular flexibility index (Phi) is 6.33. The summed E-state index contributed by atoms with van der Waals surface area (Å²) in [5.74, 6) is 1.08. The quantitative estimate of drug-likeness (QED) is 0.898. The highest BCUT2D eigenvalue weighted by molar-refractivity contribution is 6.35. The van der Waals surface area contributed by atoms with E-state index >= 15 is 0 Å². The van der Waals surface area contributed by atoms with Crippen molar-refractivity contribution in [1.29, 1.82) is 0 Å². The van der Waals surface area contributed by atoms with Crippen LogP contribution < -0.4 is 10.5 Å². The van der Waals surface area contributed by atoms with Crippen LogP contribution in [0.2, 0.25) is 5.02 Å². The van der Waals surface area contributed by atoms with Crippen molar-refractivity contribution in [2.75, 3.05) is 19.7 Å². The van der Waals surface area contributed by atoms with Crippen molar-refractivity contribution >= 4 is 40.7 Å². The number of hydrogen-bond acceptors (Lipinski definition) is 3. The fraction of sp³-hybridized carbons (Fsp3) is 0.389. The maximum Gasteiger partial charge on any atom is 0.260 e. The first kappa shape index (κ1) is 18.8. The molecule has 1 heterocycles.